The summed E-state index contributed by atoms with van der Waals surface area (Å²) in [5.74, 6) is -0.928. The van der Waals surface area contributed by atoms with Crippen molar-refractivity contribution in [2.24, 2.45) is 5.73 Å². The fourth-order valence-electron chi connectivity index (χ4n) is 1.46. The van der Waals surface area contributed by atoms with Crippen molar-refractivity contribution in [2.45, 2.75) is 6.54 Å². The van der Waals surface area contributed by atoms with Crippen LogP contribution in [0.3, 0.4) is 0 Å². The van der Waals surface area contributed by atoms with Gasteiger partial charge in [-0.25, -0.2) is 4.39 Å². The lowest BCUT2D eigenvalue weighted by Crippen LogP contribution is -2.11. The number of phenolic OH excluding ortho intramolecular Hbond substituents is 1. The van der Waals surface area contributed by atoms with Crippen molar-refractivity contribution < 1.29 is 9.50 Å². The Balaban J connectivity index is 3.06. The van der Waals surface area contributed by atoms with Crippen LogP contribution in [0.25, 0.3) is 6.08 Å². The molecule has 88 valence electrons. The molecule has 0 amide bonds. The number of nitrogens with zero attached hydrogens (tertiary/aromatic N) is 1. The third kappa shape index (κ3) is 3.32. The van der Waals surface area contributed by atoms with Gasteiger partial charge in [0.05, 0.1) is 0 Å². The lowest BCUT2D eigenvalue weighted by Gasteiger charge is -2.11. The molecule has 0 radical (unpaired) electrons. The van der Waals surface area contributed by atoms with Gasteiger partial charge < -0.3 is 15.7 Å². The van der Waals surface area contributed by atoms with E-state index < -0.39 is 5.82 Å². The minimum Gasteiger partial charge on any atom is -0.504 e. The fourth-order valence-corrected chi connectivity index (χ4v) is 1.46. The van der Waals surface area contributed by atoms with Gasteiger partial charge in [-0.1, -0.05) is 12.2 Å². The van der Waals surface area contributed by atoms with Crippen molar-refractivity contribution in [2.75, 3.05) is 20.6 Å². The maximum absolute atomic E-state index is 13.4. The second-order valence-electron chi connectivity index (χ2n) is 3.89. The number of rotatable bonds is 4. The van der Waals surface area contributed by atoms with E-state index in [9.17, 15) is 9.50 Å². The predicted octanol–water partition coefficient (Wildman–Crippen LogP) is 1.56. The molecule has 0 aliphatic rings. The Morgan fingerprint density at radius 1 is 1.44 bits per heavy atom. The second kappa shape index (κ2) is 5.63. The highest BCUT2D eigenvalue weighted by Crippen LogP contribution is 2.24. The van der Waals surface area contributed by atoms with Crippen molar-refractivity contribution in [3.8, 4) is 5.75 Å². The van der Waals surface area contributed by atoms with Gasteiger partial charge in [-0.15, -0.1) is 0 Å². The van der Waals surface area contributed by atoms with Crippen molar-refractivity contribution >= 4 is 6.08 Å². The maximum Gasteiger partial charge on any atom is 0.165 e. The molecule has 3 N–H and O–H groups in total. The first-order chi connectivity index (χ1) is 7.54. The molecule has 1 aromatic rings. The van der Waals surface area contributed by atoms with Crippen molar-refractivity contribution in [3.63, 3.8) is 0 Å². The van der Waals surface area contributed by atoms with Crippen LogP contribution in [0.15, 0.2) is 18.2 Å². The smallest absolute Gasteiger partial charge is 0.165 e. The molecule has 16 heavy (non-hydrogen) atoms. The number of hydrogen-bond donors (Lipinski definition) is 2. The van der Waals surface area contributed by atoms with Gasteiger partial charge in [0.15, 0.2) is 11.6 Å². The Morgan fingerprint density at radius 3 is 2.69 bits per heavy atom. The topological polar surface area (TPSA) is 49.5 Å². The van der Waals surface area contributed by atoms with Gasteiger partial charge in [-0.3, -0.25) is 0 Å². The summed E-state index contributed by atoms with van der Waals surface area (Å²) in [4.78, 5) is 1.93. The van der Waals surface area contributed by atoms with Crippen LogP contribution in [0, 0.1) is 5.82 Å². The summed E-state index contributed by atoms with van der Waals surface area (Å²) in [6.45, 7) is 0.986. The summed E-state index contributed by atoms with van der Waals surface area (Å²) in [5, 5.41) is 9.50. The van der Waals surface area contributed by atoms with Crippen molar-refractivity contribution in [1.82, 2.24) is 4.90 Å². The van der Waals surface area contributed by atoms with Gasteiger partial charge in [0, 0.05) is 18.7 Å². The van der Waals surface area contributed by atoms with Crippen molar-refractivity contribution in [1.29, 1.82) is 0 Å². The fraction of sp³-hybridized carbons (Fsp3) is 0.333. The zero-order chi connectivity index (χ0) is 12.1. The highest BCUT2D eigenvalue weighted by atomic mass is 19.1. The van der Waals surface area contributed by atoms with Crippen molar-refractivity contribution in [3.05, 3.63) is 35.2 Å². The molecule has 0 spiro atoms. The number of aromatic hydroxyl groups is 1. The Hall–Kier alpha value is -1.39. The maximum atomic E-state index is 13.4. The number of halogens is 1. The van der Waals surface area contributed by atoms with E-state index in [1.54, 1.807) is 18.2 Å². The highest BCUT2D eigenvalue weighted by molar-refractivity contribution is 5.58. The number of hydrogen-bond acceptors (Lipinski definition) is 3. The van der Waals surface area contributed by atoms with Crippen LogP contribution in [0.1, 0.15) is 11.1 Å². The molecule has 1 rings (SSSR count). The van der Waals surface area contributed by atoms with E-state index >= 15 is 0 Å². The third-order valence-electron chi connectivity index (χ3n) is 2.08. The van der Waals surface area contributed by atoms with Crippen LogP contribution in [0.2, 0.25) is 0 Å². The first kappa shape index (κ1) is 12.7. The average Bonchev–Trinajstić information content (AvgIpc) is 2.20. The highest BCUT2D eigenvalue weighted by Gasteiger charge is 2.08. The van der Waals surface area contributed by atoms with E-state index in [2.05, 4.69) is 0 Å². The molecule has 0 aliphatic heterocycles. The first-order valence-electron chi connectivity index (χ1n) is 5.07. The van der Waals surface area contributed by atoms with Crippen LogP contribution in [0.5, 0.6) is 5.75 Å². The Morgan fingerprint density at radius 2 is 2.12 bits per heavy atom. The predicted molar refractivity (Wildman–Crippen MR) is 63.5 cm³/mol. The standard InChI is InChI=1S/C12H17FN2O/c1-15(2)8-9-6-10(4-3-5-14)12(16)11(13)7-9/h3-4,6-7,16H,5,8,14H2,1-2H3/b4-3+. The molecule has 3 nitrogen and oxygen atoms in total. The second-order valence-corrected chi connectivity index (χ2v) is 3.89. The molecule has 1 aromatic carbocycles. The molecule has 0 aromatic heterocycles. The SMILES string of the molecule is CN(C)Cc1cc(F)c(O)c(/C=C/CN)c1. The Labute approximate surface area is 95.0 Å². The molecule has 0 bridgehead atoms. The molecule has 4 heteroatoms. The van der Waals surface area contributed by atoms with Gasteiger partial charge in [0.2, 0.25) is 0 Å². The molecule has 0 saturated heterocycles. The summed E-state index contributed by atoms with van der Waals surface area (Å²) in [6, 6.07) is 3.10. The quantitative estimate of drug-likeness (QED) is 0.816. The number of nitrogens with two attached hydrogens (primary N) is 1. The molecular formula is C12H17FN2O. The first-order valence-corrected chi connectivity index (χ1v) is 5.07. The van der Waals surface area contributed by atoms with E-state index in [4.69, 9.17) is 5.73 Å². The molecular weight excluding hydrogens is 207 g/mol. The summed E-state index contributed by atoms with van der Waals surface area (Å²) >= 11 is 0. The average molecular weight is 224 g/mol. The van der Waals surface area contributed by atoms with Gasteiger partial charge in [-0.2, -0.15) is 0 Å². The van der Waals surface area contributed by atoms with Crippen LogP contribution in [-0.4, -0.2) is 30.6 Å². The molecule has 0 heterocycles. The van der Waals surface area contributed by atoms with Gasteiger partial charge in [0.1, 0.15) is 0 Å². The van der Waals surface area contributed by atoms with Crippen LogP contribution < -0.4 is 5.73 Å². The monoisotopic (exact) mass is 224 g/mol. The minimum absolute atomic E-state index is 0.327. The molecule has 0 saturated carbocycles. The Kier molecular flexibility index (Phi) is 4.46. The normalized spacial score (nSPS) is 11.6. The van der Waals surface area contributed by atoms with E-state index in [1.165, 1.54) is 6.07 Å². The zero-order valence-electron chi connectivity index (χ0n) is 9.57. The molecule has 0 unspecified atom stereocenters. The van der Waals surface area contributed by atoms with E-state index in [1.807, 2.05) is 19.0 Å². The van der Waals surface area contributed by atoms with Crippen LogP contribution in [0.4, 0.5) is 4.39 Å². The summed E-state index contributed by atoms with van der Waals surface area (Å²) in [7, 11) is 3.81. The zero-order valence-corrected chi connectivity index (χ0v) is 9.57. The van der Waals surface area contributed by atoms with E-state index in [0.717, 1.165) is 5.56 Å². The van der Waals surface area contributed by atoms with Gasteiger partial charge >= 0.3 is 0 Å². The minimum atomic E-state index is -0.601. The summed E-state index contributed by atoms with van der Waals surface area (Å²) in [6.07, 6.45) is 3.30. The number of benzene rings is 1. The molecule has 0 atom stereocenters. The molecule has 0 aliphatic carbocycles. The Bertz CT molecular complexity index is 389. The number of phenols is 1. The van der Waals surface area contributed by atoms with Crippen LogP contribution >= 0.6 is 0 Å². The third-order valence-corrected chi connectivity index (χ3v) is 2.08. The summed E-state index contributed by atoms with van der Waals surface area (Å²) < 4.78 is 13.4. The lowest BCUT2D eigenvalue weighted by atomic mass is 10.1. The van der Waals surface area contributed by atoms with Crippen LogP contribution in [-0.2, 0) is 6.54 Å². The summed E-state index contributed by atoms with van der Waals surface area (Å²) in [5.41, 5.74) is 6.59. The largest absolute Gasteiger partial charge is 0.504 e. The lowest BCUT2D eigenvalue weighted by molar-refractivity contribution is 0.397. The van der Waals surface area contributed by atoms with E-state index in [-0.39, 0.29) is 5.75 Å². The van der Waals surface area contributed by atoms with E-state index in [0.29, 0.717) is 18.7 Å². The van der Waals surface area contributed by atoms with Gasteiger partial charge in [-0.05, 0) is 31.8 Å². The molecule has 0 fully saturated rings. The van der Waals surface area contributed by atoms with Gasteiger partial charge in [0.25, 0.3) is 0 Å².